The maximum atomic E-state index is 12.2. The van der Waals surface area contributed by atoms with Crippen molar-refractivity contribution in [2.24, 2.45) is 0 Å². The van der Waals surface area contributed by atoms with Crippen LogP contribution in [0.15, 0.2) is 20.9 Å². The van der Waals surface area contributed by atoms with Crippen molar-refractivity contribution in [3.63, 3.8) is 0 Å². The first kappa shape index (κ1) is 15.0. The Bertz CT molecular complexity index is 733. The van der Waals surface area contributed by atoms with E-state index in [1.807, 2.05) is 0 Å². The number of thiazole rings is 1. The number of aromatic nitrogens is 2. The van der Waals surface area contributed by atoms with E-state index in [0.717, 1.165) is 11.3 Å². The maximum Gasteiger partial charge on any atom is 0.273 e. The lowest BCUT2D eigenvalue weighted by Crippen LogP contribution is -2.13. The Hall–Kier alpha value is -0.410. The van der Waals surface area contributed by atoms with Crippen molar-refractivity contribution in [2.45, 2.75) is 11.1 Å². The molecular formula is C9H6BrCl2N3O2S2. The molecule has 2 heterocycles. The van der Waals surface area contributed by atoms with E-state index in [-0.39, 0.29) is 19.5 Å². The van der Waals surface area contributed by atoms with E-state index in [2.05, 4.69) is 30.6 Å². The summed E-state index contributed by atoms with van der Waals surface area (Å²) in [6, 6.07) is 1.52. The summed E-state index contributed by atoms with van der Waals surface area (Å²) in [6.45, 7) is 1.57. The zero-order chi connectivity index (χ0) is 14.2. The molecule has 2 rings (SSSR count). The summed E-state index contributed by atoms with van der Waals surface area (Å²) < 4.78 is 27.6. The van der Waals surface area contributed by atoms with Crippen LogP contribution in [0.4, 0.5) is 5.69 Å². The van der Waals surface area contributed by atoms with E-state index in [4.69, 9.17) is 23.2 Å². The van der Waals surface area contributed by atoms with Crippen LogP contribution in [-0.4, -0.2) is 18.4 Å². The molecule has 0 bridgehead atoms. The third-order valence-corrected chi connectivity index (χ3v) is 5.99. The molecule has 2 aromatic rings. The first-order valence-corrected chi connectivity index (χ1v) is 8.61. The zero-order valence-electron chi connectivity index (χ0n) is 9.32. The van der Waals surface area contributed by atoms with Crippen LogP contribution in [0.1, 0.15) is 5.69 Å². The van der Waals surface area contributed by atoms with Crippen molar-refractivity contribution in [3.8, 4) is 0 Å². The minimum absolute atomic E-state index is 0.0496. The molecule has 0 fully saturated rings. The first-order valence-electron chi connectivity index (χ1n) is 4.76. The Labute approximate surface area is 132 Å². The molecule has 5 nitrogen and oxygen atoms in total. The van der Waals surface area contributed by atoms with Gasteiger partial charge in [-0.3, -0.25) is 4.72 Å². The van der Waals surface area contributed by atoms with Crippen molar-refractivity contribution in [2.75, 3.05) is 4.72 Å². The third kappa shape index (κ3) is 3.38. The highest BCUT2D eigenvalue weighted by molar-refractivity contribution is 9.10. The lowest BCUT2D eigenvalue weighted by molar-refractivity contribution is 0.602. The average molecular weight is 403 g/mol. The van der Waals surface area contributed by atoms with Gasteiger partial charge < -0.3 is 0 Å². The van der Waals surface area contributed by atoms with Crippen LogP contribution in [0, 0.1) is 6.92 Å². The SMILES string of the molecule is Cc1nc(Cl)sc1S(=O)(=O)Nc1cc(Br)cnc1Cl. The van der Waals surface area contributed by atoms with Crippen molar-refractivity contribution in [1.82, 2.24) is 9.97 Å². The highest BCUT2D eigenvalue weighted by Gasteiger charge is 2.22. The standard InChI is InChI=1S/C9H6BrCl2N3O2S2/c1-4-8(18-9(12)14-4)19(16,17)15-6-2-5(10)3-13-7(6)11/h2-3,15H,1H3. The average Bonchev–Trinajstić information content (AvgIpc) is 2.63. The van der Waals surface area contributed by atoms with Crippen molar-refractivity contribution >= 4 is 66.2 Å². The van der Waals surface area contributed by atoms with Gasteiger partial charge in [0.25, 0.3) is 10.0 Å². The fraction of sp³-hybridized carbons (Fsp3) is 0.111. The number of nitrogens with one attached hydrogen (secondary N) is 1. The van der Waals surface area contributed by atoms with Crippen molar-refractivity contribution in [3.05, 3.63) is 32.0 Å². The molecule has 0 aliphatic heterocycles. The van der Waals surface area contributed by atoms with E-state index in [9.17, 15) is 8.42 Å². The van der Waals surface area contributed by atoms with Gasteiger partial charge in [0.05, 0.1) is 11.4 Å². The largest absolute Gasteiger partial charge is 0.276 e. The van der Waals surface area contributed by atoms with Gasteiger partial charge in [-0.1, -0.05) is 34.5 Å². The molecule has 1 N–H and O–H groups in total. The quantitative estimate of drug-likeness (QED) is 0.794. The molecule has 0 aliphatic carbocycles. The lowest BCUT2D eigenvalue weighted by atomic mass is 10.4. The zero-order valence-corrected chi connectivity index (χ0v) is 14.0. The second kappa shape index (κ2) is 5.53. The number of sulfonamides is 1. The monoisotopic (exact) mass is 401 g/mol. The van der Waals surface area contributed by atoms with Gasteiger partial charge in [0.15, 0.2) is 13.8 Å². The summed E-state index contributed by atoms with van der Waals surface area (Å²) >= 11 is 15.6. The highest BCUT2D eigenvalue weighted by Crippen LogP contribution is 2.30. The number of halogens is 3. The summed E-state index contributed by atoms with van der Waals surface area (Å²) in [5.74, 6) is 0. The minimum atomic E-state index is -3.79. The number of hydrogen-bond acceptors (Lipinski definition) is 5. The molecule has 0 spiro atoms. The fourth-order valence-electron chi connectivity index (χ4n) is 1.29. The fourth-order valence-corrected chi connectivity index (χ4v) is 4.62. The molecule has 2 aromatic heterocycles. The van der Waals surface area contributed by atoms with Gasteiger partial charge in [-0.15, -0.1) is 0 Å². The van der Waals surface area contributed by atoms with E-state index in [1.165, 1.54) is 12.3 Å². The van der Waals surface area contributed by atoms with E-state index >= 15 is 0 Å². The molecular weight excluding hydrogens is 397 g/mol. The van der Waals surface area contributed by atoms with Crippen molar-refractivity contribution in [1.29, 1.82) is 0 Å². The Morgan fingerprint density at radius 1 is 1.42 bits per heavy atom. The molecule has 0 aromatic carbocycles. The van der Waals surface area contributed by atoms with Gasteiger partial charge in [-0.25, -0.2) is 18.4 Å². The van der Waals surface area contributed by atoms with E-state index in [1.54, 1.807) is 6.92 Å². The second-order valence-corrected chi connectivity index (χ2v) is 8.17. The van der Waals surface area contributed by atoms with Crippen molar-refractivity contribution < 1.29 is 8.42 Å². The Kier molecular flexibility index (Phi) is 4.36. The molecule has 0 amide bonds. The van der Waals surface area contributed by atoms with Crippen LogP contribution in [-0.2, 0) is 10.0 Å². The normalized spacial score (nSPS) is 11.6. The van der Waals surface area contributed by atoms with E-state index < -0.39 is 10.0 Å². The van der Waals surface area contributed by atoms with Crippen LogP contribution in [0.2, 0.25) is 9.62 Å². The van der Waals surface area contributed by atoms with Gasteiger partial charge in [0, 0.05) is 10.7 Å². The molecule has 0 radical (unpaired) electrons. The van der Waals surface area contributed by atoms with Crippen LogP contribution < -0.4 is 4.72 Å². The smallest absolute Gasteiger partial charge is 0.273 e. The summed E-state index contributed by atoms with van der Waals surface area (Å²) in [5.41, 5.74) is 0.515. The molecule has 10 heteroatoms. The molecule has 102 valence electrons. The molecule has 0 atom stereocenters. The molecule has 0 aliphatic rings. The first-order chi connectivity index (χ1) is 8.79. The lowest BCUT2D eigenvalue weighted by Gasteiger charge is -2.08. The predicted octanol–water partition coefficient (Wildman–Crippen LogP) is 3.72. The Morgan fingerprint density at radius 2 is 2.11 bits per heavy atom. The Morgan fingerprint density at radius 3 is 2.68 bits per heavy atom. The van der Waals surface area contributed by atoms with Crippen LogP contribution in [0.25, 0.3) is 0 Å². The molecule has 0 unspecified atom stereocenters. The van der Waals surface area contributed by atoms with Gasteiger partial charge in [-0.2, -0.15) is 0 Å². The van der Waals surface area contributed by atoms with Crippen LogP contribution >= 0.6 is 50.5 Å². The number of aryl methyl sites for hydroxylation is 1. The predicted molar refractivity (Wildman–Crippen MR) is 79.6 cm³/mol. The van der Waals surface area contributed by atoms with E-state index in [0.29, 0.717) is 10.2 Å². The molecule has 0 saturated heterocycles. The van der Waals surface area contributed by atoms with Gasteiger partial charge in [0.2, 0.25) is 0 Å². The topological polar surface area (TPSA) is 72.0 Å². The Balaban J connectivity index is 2.42. The maximum absolute atomic E-state index is 12.2. The number of rotatable bonds is 3. The highest BCUT2D eigenvalue weighted by atomic mass is 79.9. The van der Waals surface area contributed by atoms with Gasteiger partial charge >= 0.3 is 0 Å². The number of pyridine rings is 1. The van der Waals surface area contributed by atoms with Crippen LogP contribution in [0.3, 0.4) is 0 Å². The third-order valence-electron chi connectivity index (χ3n) is 2.02. The number of nitrogens with zero attached hydrogens (tertiary/aromatic N) is 2. The summed E-state index contributed by atoms with van der Waals surface area (Å²) in [5, 5.41) is 0.0556. The van der Waals surface area contributed by atoms with Gasteiger partial charge in [-0.05, 0) is 28.9 Å². The second-order valence-electron chi connectivity index (χ2n) is 3.44. The summed E-state index contributed by atoms with van der Waals surface area (Å²) in [6.07, 6.45) is 1.47. The molecule has 0 saturated carbocycles. The summed E-state index contributed by atoms with van der Waals surface area (Å²) in [4.78, 5) is 7.70. The van der Waals surface area contributed by atoms with Crippen LogP contribution in [0.5, 0.6) is 0 Å². The number of hydrogen-bond donors (Lipinski definition) is 1. The van der Waals surface area contributed by atoms with Gasteiger partial charge in [0.1, 0.15) is 0 Å². The summed E-state index contributed by atoms with van der Waals surface area (Å²) in [7, 11) is -3.79. The number of anilines is 1. The minimum Gasteiger partial charge on any atom is -0.276 e. The molecule has 19 heavy (non-hydrogen) atoms.